The van der Waals surface area contributed by atoms with Gasteiger partial charge in [0.2, 0.25) is 0 Å². The van der Waals surface area contributed by atoms with Gasteiger partial charge in [-0.05, 0) is 46.5 Å². The molecule has 0 atom stereocenters. The molecule has 0 amide bonds. The summed E-state index contributed by atoms with van der Waals surface area (Å²) in [6.45, 7) is 18.9. The van der Waals surface area contributed by atoms with Crippen molar-refractivity contribution < 1.29 is 4.65 Å². The van der Waals surface area contributed by atoms with E-state index in [0.717, 1.165) is 36.2 Å². The zero-order valence-electron chi connectivity index (χ0n) is 17.0. The van der Waals surface area contributed by atoms with Gasteiger partial charge in [-0.15, -0.1) is 0 Å². The van der Waals surface area contributed by atoms with E-state index in [2.05, 4.69) is 85.9 Å². The molecule has 0 N–H and O–H groups in total. The van der Waals surface area contributed by atoms with Crippen LogP contribution in [0, 0.1) is 5.92 Å². The van der Waals surface area contributed by atoms with Crippen LogP contribution in [0.2, 0.25) is 0 Å². The molecule has 0 spiro atoms. The Labute approximate surface area is 157 Å². The lowest BCUT2D eigenvalue weighted by molar-refractivity contribution is 0.0845. The van der Waals surface area contributed by atoms with Crippen LogP contribution >= 0.6 is 12.6 Å². The molecule has 0 aromatic heterocycles. The van der Waals surface area contributed by atoms with E-state index < -0.39 is 0 Å². The Morgan fingerprint density at radius 3 is 2.17 bits per heavy atom. The van der Waals surface area contributed by atoms with Crippen LogP contribution in [0.15, 0.2) is 35.9 Å². The van der Waals surface area contributed by atoms with E-state index in [4.69, 9.17) is 4.65 Å². The number of rotatable bonds is 9. The molecule has 3 heteroatoms. The van der Waals surface area contributed by atoms with Gasteiger partial charge in [0, 0.05) is 4.75 Å². The summed E-state index contributed by atoms with van der Waals surface area (Å²) in [6.07, 6.45) is 12.5. The van der Waals surface area contributed by atoms with Crippen molar-refractivity contribution in [2.75, 3.05) is 0 Å². The van der Waals surface area contributed by atoms with E-state index in [1.54, 1.807) is 0 Å². The van der Waals surface area contributed by atoms with Gasteiger partial charge in [0.05, 0.1) is 5.60 Å². The average Bonchev–Trinajstić information content (AvgIpc) is 3.27. The van der Waals surface area contributed by atoms with Crippen LogP contribution < -0.4 is 0 Å². The van der Waals surface area contributed by atoms with Gasteiger partial charge in [-0.25, -0.2) is 0 Å². The van der Waals surface area contributed by atoms with Gasteiger partial charge < -0.3 is 4.65 Å². The molecule has 0 saturated heterocycles. The maximum Gasteiger partial charge on any atom is 0.331 e. The first-order chi connectivity index (χ1) is 11.0. The molecule has 1 rings (SSSR count). The number of thiol groups is 1. The molecule has 0 aromatic rings. The predicted octanol–water partition coefficient (Wildman–Crippen LogP) is 6.73. The Morgan fingerprint density at radius 1 is 1.25 bits per heavy atom. The third-order valence-electron chi connectivity index (χ3n) is 4.52. The highest BCUT2D eigenvalue weighted by Crippen LogP contribution is 2.31. The molecule has 1 nitrogen and oxygen atoms in total. The maximum absolute atomic E-state index is 5.97. The first kappa shape index (κ1) is 23.6. The molecule has 0 bridgehead atoms. The predicted molar refractivity (Wildman–Crippen MR) is 114 cm³/mol. The third-order valence-corrected chi connectivity index (χ3v) is 5.06. The fraction of sp³-hybridized carbons (Fsp3) is 0.714. The Hall–Kier alpha value is -0.405. The summed E-state index contributed by atoms with van der Waals surface area (Å²) in [4.78, 5) is 0. The fourth-order valence-corrected chi connectivity index (χ4v) is 1.45. The molecule has 0 aliphatic heterocycles. The van der Waals surface area contributed by atoms with Crippen molar-refractivity contribution in [1.82, 2.24) is 0 Å². The van der Waals surface area contributed by atoms with Crippen LogP contribution in [0.25, 0.3) is 0 Å². The van der Waals surface area contributed by atoms with Gasteiger partial charge in [0.15, 0.2) is 0 Å². The largest absolute Gasteiger partial charge is 0.428 e. The van der Waals surface area contributed by atoms with Gasteiger partial charge in [-0.3, -0.25) is 0 Å². The van der Waals surface area contributed by atoms with Crippen molar-refractivity contribution in [2.24, 2.45) is 5.92 Å². The van der Waals surface area contributed by atoms with E-state index in [0.29, 0.717) is 0 Å². The number of allylic oxidation sites excluding steroid dienone is 5. The van der Waals surface area contributed by atoms with Gasteiger partial charge in [-0.2, -0.15) is 12.6 Å². The highest BCUT2D eigenvalue weighted by atomic mass is 32.1. The van der Waals surface area contributed by atoms with E-state index >= 15 is 0 Å². The van der Waals surface area contributed by atoms with Crippen LogP contribution in [0.4, 0.5) is 0 Å². The second-order valence-corrected chi connectivity index (χ2v) is 8.90. The summed E-state index contributed by atoms with van der Waals surface area (Å²) in [6, 6.07) is 0. The molecule has 0 unspecified atom stereocenters. The zero-order valence-corrected chi connectivity index (χ0v) is 17.9. The molecular formula is C21H38BOS. The quantitative estimate of drug-likeness (QED) is 0.276. The molecule has 1 saturated carbocycles. The van der Waals surface area contributed by atoms with Crippen molar-refractivity contribution in [3.8, 4) is 0 Å². The SMILES string of the molecule is C=C(CC)/C([B]OC(C)(C)C(C)(C)S)=C\C=C/CCC.CC1CC1. The Balaban J connectivity index is 0.00000114. The monoisotopic (exact) mass is 349 g/mol. The zero-order chi connectivity index (χ0) is 18.8. The van der Waals surface area contributed by atoms with Gasteiger partial charge in [0.1, 0.15) is 0 Å². The number of unbranched alkanes of at least 4 members (excludes halogenated alkanes) is 1. The smallest absolute Gasteiger partial charge is 0.331 e. The van der Waals surface area contributed by atoms with Crippen molar-refractivity contribution >= 4 is 20.1 Å². The van der Waals surface area contributed by atoms with Crippen LogP contribution in [0.3, 0.4) is 0 Å². The Kier molecular flexibility index (Phi) is 11.1. The van der Waals surface area contributed by atoms with Crippen LogP contribution in [0.1, 0.15) is 80.6 Å². The van der Waals surface area contributed by atoms with E-state index in [1.165, 1.54) is 12.8 Å². The van der Waals surface area contributed by atoms with Crippen molar-refractivity contribution in [2.45, 2.75) is 90.9 Å². The topological polar surface area (TPSA) is 9.23 Å². The molecular weight excluding hydrogens is 311 g/mol. The highest BCUT2D eigenvalue weighted by molar-refractivity contribution is 7.81. The second kappa shape index (κ2) is 11.3. The van der Waals surface area contributed by atoms with E-state index in [1.807, 2.05) is 7.48 Å². The number of hydrogen-bond donors (Lipinski definition) is 1. The summed E-state index contributed by atoms with van der Waals surface area (Å²) < 4.78 is 5.75. The summed E-state index contributed by atoms with van der Waals surface area (Å²) in [7, 11) is 1.82. The normalized spacial score (nSPS) is 15.9. The molecule has 1 fully saturated rings. The lowest BCUT2D eigenvalue weighted by Crippen LogP contribution is -2.44. The van der Waals surface area contributed by atoms with Crippen molar-refractivity contribution in [3.63, 3.8) is 0 Å². The molecule has 24 heavy (non-hydrogen) atoms. The van der Waals surface area contributed by atoms with Gasteiger partial charge >= 0.3 is 7.48 Å². The standard InChI is InChI=1S/C17H30BOS.C4H8/c1-8-10-11-12-13-15(14(3)9-2)18-19-16(4,5)17(6,7)20;1-4-2-3-4/h11-13,20H,3,8-10H2,1-2,4-7H3;4H,2-3H2,1H3/b12-11-,15-13+;. The molecule has 0 heterocycles. The van der Waals surface area contributed by atoms with Gasteiger partial charge in [0.25, 0.3) is 0 Å². The minimum atomic E-state index is -0.351. The summed E-state index contributed by atoms with van der Waals surface area (Å²) >= 11 is 4.61. The summed E-state index contributed by atoms with van der Waals surface area (Å²) in [5, 5.41) is 0. The second-order valence-electron chi connectivity index (χ2n) is 7.78. The lowest BCUT2D eigenvalue weighted by Gasteiger charge is -2.38. The Bertz CT molecular complexity index is 426. The van der Waals surface area contributed by atoms with Gasteiger partial charge in [-0.1, -0.05) is 75.9 Å². The van der Waals surface area contributed by atoms with Crippen molar-refractivity contribution in [1.29, 1.82) is 0 Å². The third kappa shape index (κ3) is 10.5. The van der Waals surface area contributed by atoms with E-state index in [9.17, 15) is 0 Å². The fourth-order valence-electron chi connectivity index (χ4n) is 1.40. The first-order valence-electron chi connectivity index (χ1n) is 9.33. The molecule has 1 aliphatic carbocycles. The molecule has 0 aromatic carbocycles. The van der Waals surface area contributed by atoms with Crippen LogP contribution in [-0.2, 0) is 4.65 Å². The van der Waals surface area contributed by atoms with Crippen LogP contribution in [-0.4, -0.2) is 17.8 Å². The van der Waals surface area contributed by atoms with Crippen molar-refractivity contribution in [3.05, 3.63) is 35.9 Å². The molecule has 1 aliphatic rings. The summed E-state index contributed by atoms with van der Waals surface area (Å²) in [5.74, 6) is 1.08. The maximum atomic E-state index is 5.97. The minimum Gasteiger partial charge on any atom is -0.428 e. The molecule has 1 radical (unpaired) electrons. The Morgan fingerprint density at radius 2 is 1.79 bits per heavy atom. The number of hydrogen-bond acceptors (Lipinski definition) is 2. The van der Waals surface area contributed by atoms with Crippen LogP contribution in [0.5, 0.6) is 0 Å². The highest BCUT2D eigenvalue weighted by Gasteiger charge is 2.34. The lowest BCUT2D eigenvalue weighted by atomic mass is 9.78. The summed E-state index contributed by atoms with van der Waals surface area (Å²) in [5.41, 5.74) is 1.78. The minimum absolute atomic E-state index is 0.222. The van der Waals surface area contributed by atoms with E-state index in [-0.39, 0.29) is 10.3 Å². The average molecular weight is 349 g/mol. The first-order valence-corrected chi connectivity index (χ1v) is 9.78. The molecule has 137 valence electrons.